The van der Waals surface area contributed by atoms with E-state index in [2.05, 4.69) is 15.3 Å². The Morgan fingerprint density at radius 2 is 2.05 bits per heavy atom. The average molecular weight is 273 g/mol. The van der Waals surface area contributed by atoms with Gasteiger partial charge < -0.3 is 15.4 Å². The normalized spacial score (nSPS) is 10.0. The van der Waals surface area contributed by atoms with Crippen molar-refractivity contribution in [2.45, 2.75) is 6.42 Å². The Morgan fingerprint density at radius 3 is 2.60 bits per heavy atom. The molecule has 102 valence electrons. The first-order valence-electron chi connectivity index (χ1n) is 5.71. The fourth-order valence-electron chi connectivity index (χ4n) is 1.51. The number of carboxylic acids is 1. The molecule has 7 heteroatoms. The molecule has 0 spiro atoms. The number of carbonyl (C=O) groups is 2. The molecular weight excluding hydrogens is 262 g/mol. The Kier molecular flexibility index (Phi) is 3.90. The van der Waals surface area contributed by atoms with Crippen LogP contribution in [0.1, 0.15) is 16.1 Å². The number of anilines is 1. The van der Waals surface area contributed by atoms with Gasteiger partial charge in [0.05, 0.1) is 29.6 Å². The van der Waals surface area contributed by atoms with Gasteiger partial charge in [0.2, 0.25) is 5.56 Å². The van der Waals surface area contributed by atoms with E-state index in [1.54, 1.807) is 6.07 Å². The van der Waals surface area contributed by atoms with Gasteiger partial charge >= 0.3 is 5.97 Å². The van der Waals surface area contributed by atoms with E-state index in [4.69, 9.17) is 5.11 Å². The van der Waals surface area contributed by atoms with Crippen molar-refractivity contribution in [3.05, 3.63) is 58.3 Å². The van der Waals surface area contributed by atoms with Gasteiger partial charge in [-0.1, -0.05) is 0 Å². The van der Waals surface area contributed by atoms with Crippen molar-refractivity contribution in [2.75, 3.05) is 5.32 Å². The van der Waals surface area contributed by atoms with Crippen molar-refractivity contribution in [1.82, 2.24) is 9.97 Å². The second-order valence-corrected chi connectivity index (χ2v) is 4.00. The van der Waals surface area contributed by atoms with Crippen LogP contribution in [-0.4, -0.2) is 27.0 Å². The highest BCUT2D eigenvalue weighted by molar-refractivity contribution is 6.03. The quantitative estimate of drug-likeness (QED) is 0.757. The Morgan fingerprint density at radius 1 is 1.25 bits per heavy atom. The minimum absolute atomic E-state index is 0.172. The maximum absolute atomic E-state index is 11.8. The highest BCUT2D eigenvalue weighted by Crippen LogP contribution is 2.08. The van der Waals surface area contributed by atoms with Crippen LogP contribution >= 0.6 is 0 Å². The monoisotopic (exact) mass is 273 g/mol. The van der Waals surface area contributed by atoms with Gasteiger partial charge in [0, 0.05) is 12.3 Å². The number of aliphatic carboxylic acids is 1. The molecule has 7 nitrogen and oxygen atoms in total. The fraction of sp³-hybridized carbons (Fsp3) is 0.0769. The number of aromatic nitrogens is 2. The lowest BCUT2D eigenvalue weighted by molar-refractivity contribution is -0.136. The van der Waals surface area contributed by atoms with Crippen molar-refractivity contribution in [2.24, 2.45) is 0 Å². The van der Waals surface area contributed by atoms with E-state index < -0.39 is 11.9 Å². The molecular formula is C13H11N3O4. The lowest BCUT2D eigenvalue weighted by Crippen LogP contribution is -2.14. The van der Waals surface area contributed by atoms with Crippen molar-refractivity contribution >= 4 is 17.6 Å². The van der Waals surface area contributed by atoms with E-state index in [-0.39, 0.29) is 12.0 Å². The molecule has 0 aliphatic carbocycles. The van der Waals surface area contributed by atoms with Crippen LogP contribution in [0.25, 0.3) is 0 Å². The first-order valence-corrected chi connectivity index (χ1v) is 5.71. The van der Waals surface area contributed by atoms with Gasteiger partial charge in [0.25, 0.3) is 5.91 Å². The number of carbonyl (C=O) groups excluding carboxylic acids is 1. The van der Waals surface area contributed by atoms with Gasteiger partial charge in [-0.3, -0.25) is 19.4 Å². The number of hydrogen-bond donors (Lipinski definition) is 3. The predicted molar refractivity (Wildman–Crippen MR) is 70.6 cm³/mol. The topological polar surface area (TPSA) is 112 Å². The van der Waals surface area contributed by atoms with Crippen LogP contribution < -0.4 is 10.9 Å². The molecule has 0 unspecified atom stereocenters. The molecule has 2 aromatic rings. The summed E-state index contributed by atoms with van der Waals surface area (Å²) in [5, 5.41) is 11.2. The standard InChI is InChI=1S/C13H11N3O4/c17-11-4-1-8(6-15-11)13(20)16-10-3-2-9(14-7-10)5-12(18)19/h1-4,6-7H,5H2,(H,15,17)(H,16,20)(H,18,19). The molecule has 0 bridgehead atoms. The summed E-state index contributed by atoms with van der Waals surface area (Å²) in [6.07, 6.45) is 2.51. The van der Waals surface area contributed by atoms with Crippen LogP contribution in [0.15, 0.2) is 41.5 Å². The Bertz CT molecular complexity index is 671. The summed E-state index contributed by atoms with van der Waals surface area (Å²) >= 11 is 0. The molecule has 2 aromatic heterocycles. The molecule has 1 amide bonds. The minimum Gasteiger partial charge on any atom is -0.481 e. The van der Waals surface area contributed by atoms with Crippen LogP contribution in [-0.2, 0) is 11.2 Å². The first kappa shape index (κ1) is 13.5. The average Bonchev–Trinajstić information content (AvgIpc) is 2.41. The molecule has 0 fully saturated rings. The maximum Gasteiger partial charge on any atom is 0.309 e. The Hall–Kier alpha value is -2.96. The highest BCUT2D eigenvalue weighted by Gasteiger charge is 2.07. The number of pyridine rings is 2. The minimum atomic E-state index is -0.970. The van der Waals surface area contributed by atoms with Gasteiger partial charge in [0.15, 0.2) is 0 Å². The van der Waals surface area contributed by atoms with Crippen molar-refractivity contribution in [1.29, 1.82) is 0 Å². The van der Waals surface area contributed by atoms with Gasteiger partial charge in [0.1, 0.15) is 0 Å². The summed E-state index contributed by atoms with van der Waals surface area (Å²) in [5.74, 6) is -1.36. The smallest absolute Gasteiger partial charge is 0.309 e. The zero-order chi connectivity index (χ0) is 14.5. The van der Waals surface area contributed by atoms with Crippen molar-refractivity contribution in [3.63, 3.8) is 0 Å². The number of amides is 1. The molecule has 0 saturated carbocycles. The van der Waals surface area contributed by atoms with E-state index in [0.717, 1.165) is 0 Å². The highest BCUT2D eigenvalue weighted by atomic mass is 16.4. The van der Waals surface area contributed by atoms with Gasteiger partial charge in [-0.25, -0.2) is 0 Å². The molecule has 0 aliphatic rings. The third-order valence-electron chi connectivity index (χ3n) is 2.46. The largest absolute Gasteiger partial charge is 0.481 e. The van der Waals surface area contributed by atoms with Crippen LogP contribution in [0.5, 0.6) is 0 Å². The van der Waals surface area contributed by atoms with E-state index in [9.17, 15) is 14.4 Å². The molecule has 3 N–H and O–H groups in total. The number of nitrogens with one attached hydrogen (secondary N) is 2. The van der Waals surface area contributed by atoms with Crippen molar-refractivity contribution < 1.29 is 14.7 Å². The summed E-state index contributed by atoms with van der Waals surface area (Å²) < 4.78 is 0. The molecule has 0 aliphatic heterocycles. The molecule has 0 atom stereocenters. The van der Waals surface area contributed by atoms with E-state index >= 15 is 0 Å². The molecule has 0 radical (unpaired) electrons. The summed E-state index contributed by atoms with van der Waals surface area (Å²) in [4.78, 5) is 39.5. The molecule has 2 rings (SSSR count). The number of aromatic amines is 1. The lowest BCUT2D eigenvalue weighted by atomic mass is 10.2. The van der Waals surface area contributed by atoms with E-state index in [1.807, 2.05) is 0 Å². The molecule has 2 heterocycles. The van der Waals surface area contributed by atoms with Crippen LogP contribution in [0.2, 0.25) is 0 Å². The zero-order valence-electron chi connectivity index (χ0n) is 10.3. The fourth-order valence-corrected chi connectivity index (χ4v) is 1.51. The number of nitrogens with zero attached hydrogens (tertiary/aromatic N) is 1. The van der Waals surface area contributed by atoms with Crippen molar-refractivity contribution in [3.8, 4) is 0 Å². The molecule has 0 saturated heterocycles. The molecule has 20 heavy (non-hydrogen) atoms. The summed E-state index contributed by atoms with van der Waals surface area (Å²) in [6.45, 7) is 0. The van der Waals surface area contributed by atoms with E-state index in [0.29, 0.717) is 16.9 Å². The van der Waals surface area contributed by atoms with Crippen LogP contribution in [0.3, 0.4) is 0 Å². The summed E-state index contributed by atoms with van der Waals surface area (Å²) in [5.41, 5.74) is 0.857. The van der Waals surface area contributed by atoms with Gasteiger partial charge in [-0.05, 0) is 18.2 Å². The maximum atomic E-state index is 11.8. The third-order valence-corrected chi connectivity index (χ3v) is 2.46. The first-order chi connectivity index (χ1) is 9.54. The van der Waals surface area contributed by atoms with Gasteiger partial charge in [-0.15, -0.1) is 0 Å². The molecule has 0 aromatic carbocycles. The SMILES string of the molecule is O=C(O)Cc1ccc(NC(=O)c2ccc(=O)[nH]c2)cn1. The lowest BCUT2D eigenvalue weighted by Gasteiger charge is -2.05. The second kappa shape index (κ2) is 5.79. The zero-order valence-corrected chi connectivity index (χ0v) is 10.3. The summed E-state index contributed by atoms with van der Waals surface area (Å²) in [7, 11) is 0. The second-order valence-electron chi connectivity index (χ2n) is 4.00. The van der Waals surface area contributed by atoms with Crippen LogP contribution in [0.4, 0.5) is 5.69 Å². The number of hydrogen-bond acceptors (Lipinski definition) is 4. The number of carboxylic acid groups (broad SMARTS) is 1. The Balaban J connectivity index is 2.06. The van der Waals surface area contributed by atoms with Gasteiger partial charge in [-0.2, -0.15) is 0 Å². The number of rotatable bonds is 4. The van der Waals surface area contributed by atoms with E-state index in [1.165, 1.54) is 30.6 Å². The predicted octanol–water partition coefficient (Wildman–Crippen LogP) is 0.649. The van der Waals surface area contributed by atoms with Crippen LogP contribution in [0, 0.1) is 0 Å². The number of H-pyrrole nitrogens is 1. The Labute approximate surface area is 113 Å². The summed E-state index contributed by atoms with van der Waals surface area (Å²) in [6, 6.07) is 5.75. The third kappa shape index (κ3) is 3.52.